The lowest BCUT2D eigenvalue weighted by atomic mass is 9.91. The van der Waals surface area contributed by atoms with E-state index in [2.05, 4.69) is 74.3 Å². The largest absolute Gasteiger partial charge is 0.382 e. The van der Waals surface area contributed by atoms with Gasteiger partial charge in [-0.3, -0.25) is 5.41 Å². The summed E-state index contributed by atoms with van der Waals surface area (Å²) in [6.45, 7) is 11.6. The molecule has 0 saturated heterocycles. The second-order valence-electron chi connectivity index (χ2n) is 8.57. The molecule has 0 saturated carbocycles. The van der Waals surface area contributed by atoms with Gasteiger partial charge in [0.25, 0.3) is 0 Å². The number of rotatable bonds is 5. The van der Waals surface area contributed by atoms with Crippen LogP contribution in [0.4, 0.5) is 5.69 Å². The Labute approximate surface area is 217 Å². The topological polar surface area (TPSA) is 53.1 Å². The predicted octanol–water partition coefficient (Wildman–Crippen LogP) is 8.50. The van der Waals surface area contributed by atoms with Crippen molar-refractivity contribution >= 4 is 44.6 Å². The van der Waals surface area contributed by atoms with E-state index in [0.717, 1.165) is 51.2 Å². The van der Waals surface area contributed by atoms with Crippen LogP contribution in [-0.4, -0.2) is 12.9 Å². The van der Waals surface area contributed by atoms with E-state index in [1.54, 1.807) is 11.3 Å². The Balaban J connectivity index is 0.000000455. The number of amidine groups is 1. The van der Waals surface area contributed by atoms with Crippen molar-refractivity contribution in [2.24, 2.45) is 5.73 Å². The molecule has 0 atom stereocenters. The molecular formula is C32H31N3S. The van der Waals surface area contributed by atoms with E-state index in [1.807, 2.05) is 48.4 Å². The Morgan fingerprint density at radius 3 is 2.28 bits per heavy atom. The maximum atomic E-state index is 8.22. The van der Waals surface area contributed by atoms with Crippen molar-refractivity contribution in [2.45, 2.75) is 12.8 Å². The molecule has 2 heterocycles. The number of anilines is 1. The number of nitrogens with one attached hydrogen (secondary N) is 1. The first-order valence-corrected chi connectivity index (χ1v) is 12.7. The summed E-state index contributed by atoms with van der Waals surface area (Å²) in [4.78, 5) is 3.08. The van der Waals surface area contributed by atoms with Crippen LogP contribution in [0, 0.1) is 5.41 Å². The van der Waals surface area contributed by atoms with E-state index in [-0.39, 0.29) is 5.84 Å². The first-order chi connectivity index (χ1) is 17.5. The minimum absolute atomic E-state index is 0.0458. The number of hydrogen-bond acceptors (Lipinski definition) is 3. The molecule has 0 amide bonds. The van der Waals surface area contributed by atoms with Crippen LogP contribution in [0.5, 0.6) is 0 Å². The molecule has 36 heavy (non-hydrogen) atoms. The normalized spacial score (nSPS) is 13.8. The van der Waals surface area contributed by atoms with E-state index in [0.29, 0.717) is 5.70 Å². The molecule has 0 aliphatic carbocycles. The molecule has 4 heteroatoms. The maximum Gasteiger partial charge on any atom is 0.139 e. The Morgan fingerprint density at radius 2 is 1.61 bits per heavy atom. The number of nitrogens with zero attached hydrogens (tertiary/aromatic N) is 1. The highest BCUT2D eigenvalue weighted by Crippen LogP contribution is 2.44. The second kappa shape index (κ2) is 11.1. The van der Waals surface area contributed by atoms with Crippen molar-refractivity contribution < 1.29 is 0 Å². The third-order valence-corrected chi connectivity index (χ3v) is 7.31. The standard InChI is InChI=1S/C26H21N3S.C6H10/c1-16-19-13-12-18(17-8-4-3-5-9-17)14-21(19)29(2)22(26(27)28)15-24-25(16)20-10-6-7-11-23(20)30-24;1-3-5-6-4-2/h3-15H,1H2,2H3,(H3,27,28);3-4H,1-2,5-6H2/b22-15-;. The Bertz CT molecular complexity index is 1470. The summed E-state index contributed by atoms with van der Waals surface area (Å²) in [5.74, 6) is 0.0458. The monoisotopic (exact) mass is 489 g/mol. The lowest BCUT2D eigenvalue weighted by Gasteiger charge is -2.28. The third kappa shape index (κ3) is 4.95. The van der Waals surface area contributed by atoms with Crippen LogP contribution in [0.3, 0.4) is 0 Å². The molecule has 0 bridgehead atoms. The molecule has 1 aromatic heterocycles. The van der Waals surface area contributed by atoms with Gasteiger partial charge in [-0.15, -0.1) is 24.5 Å². The highest BCUT2D eigenvalue weighted by atomic mass is 32.1. The summed E-state index contributed by atoms with van der Waals surface area (Å²) in [6.07, 6.45) is 7.92. The van der Waals surface area contributed by atoms with Gasteiger partial charge in [0, 0.05) is 38.8 Å². The van der Waals surface area contributed by atoms with E-state index in [1.165, 1.54) is 10.1 Å². The van der Waals surface area contributed by atoms with Gasteiger partial charge >= 0.3 is 0 Å². The molecule has 1 aliphatic heterocycles. The summed E-state index contributed by atoms with van der Waals surface area (Å²) in [5.41, 5.74) is 13.1. The molecule has 0 unspecified atom stereocenters. The molecule has 3 nitrogen and oxygen atoms in total. The van der Waals surface area contributed by atoms with Crippen molar-refractivity contribution in [1.29, 1.82) is 5.41 Å². The maximum absolute atomic E-state index is 8.22. The number of benzene rings is 3. The van der Waals surface area contributed by atoms with Gasteiger partial charge in [0.1, 0.15) is 5.84 Å². The van der Waals surface area contributed by atoms with Gasteiger partial charge in [0.05, 0.1) is 5.70 Å². The molecule has 4 aromatic rings. The third-order valence-electron chi connectivity index (χ3n) is 6.20. The predicted molar refractivity (Wildman–Crippen MR) is 160 cm³/mol. The van der Waals surface area contributed by atoms with Gasteiger partial charge in [-0.2, -0.15) is 0 Å². The first-order valence-electron chi connectivity index (χ1n) is 11.9. The zero-order valence-electron chi connectivity index (χ0n) is 20.6. The van der Waals surface area contributed by atoms with Crippen molar-refractivity contribution in [3.63, 3.8) is 0 Å². The van der Waals surface area contributed by atoms with E-state index in [4.69, 9.17) is 11.1 Å². The highest BCUT2D eigenvalue weighted by molar-refractivity contribution is 7.20. The molecule has 180 valence electrons. The molecule has 1 aliphatic rings. The van der Waals surface area contributed by atoms with Crippen molar-refractivity contribution in [3.8, 4) is 11.1 Å². The Kier molecular flexibility index (Phi) is 7.67. The number of unbranched alkanes of at least 4 members (excludes halogenated alkanes) is 1. The molecule has 0 fully saturated rings. The second-order valence-corrected chi connectivity index (χ2v) is 9.65. The van der Waals surface area contributed by atoms with Crippen LogP contribution in [0.15, 0.2) is 110 Å². The van der Waals surface area contributed by atoms with Crippen LogP contribution in [0.25, 0.3) is 32.9 Å². The summed E-state index contributed by atoms with van der Waals surface area (Å²) >= 11 is 1.71. The fraction of sp³-hybridized carbons (Fsp3) is 0.0938. The molecule has 0 spiro atoms. The number of fused-ring (bicyclic) bond motifs is 4. The minimum Gasteiger partial charge on any atom is -0.382 e. The summed E-state index contributed by atoms with van der Waals surface area (Å²) in [6, 6.07) is 25.1. The number of nitrogens with two attached hydrogens (primary N) is 1. The van der Waals surface area contributed by atoms with Crippen LogP contribution in [0.2, 0.25) is 0 Å². The number of thiophene rings is 1. The average molecular weight is 490 g/mol. The van der Waals surface area contributed by atoms with Gasteiger partial charge in [-0.1, -0.05) is 79.4 Å². The first kappa shape index (κ1) is 25.0. The quantitative estimate of drug-likeness (QED) is 0.128. The molecular weight excluding hydrogens is 458 g/mol. The molecule has 5 rings (SSSR count). The van der Waals surface area contributed by atoms with Crippen LogP contribution < -0.4 is 10.6 Å². The lowest BCUT2D eigenvalue weighted by molar-refractivity contribution is 1.06. The summed E-state index contributed by atoms with van der Waals surface area (Å²) in [5, 5.41) is 9.41. The fourth-order valence-electron chi connectivity index (χ4n) is 4.33. The van der Waals surface area contributed by atoms with Crippen molar-refractivity contribution in [1.82, 2.24) is 0 Å². The van der Waals surface area contributed by atoms with Crippen LogP contribution >= 0.6 is 11.3 Å². The van der Waals surface area contributed by atoms with Gasteiger partial charge in [0.15, 0.2) is 0 Å². The lowest BCUT2D eigenvalue weighted by Crippen LogP contribution is -2.29. The molecule has 0 radical (unpaired) electrons. The number of allylic oxidation sites excluding steroid dienone is 2. The summed E-state index contributed by atoms with van der Waals surface area (Å²) in [7, 11) is 1.96. The van der Waals surface area contributed by atoms with Gasteiger partial charge in [-0.25, -0.2) is 0 Å². The zero-order chi connectivity index (χ0) is 25.7. The smallest absolute Gasteiger partial charge is 0.139 e. The Morgan fingerprint density at radius 1 is 0.944 bits per heavy atom. The Hall–Kier alpha value is -4.15. The number of hydrogen-bond donors (Lipinski definition) is 2. The van der Waals surface area contributed by atoms with Crippen LogP contribution in [0.1, 0.15) is 28.8 Å². The molecule has 3 aromatic carbocycles. The van der Waals surface area contributed by atoms with Gasteiger partial charge in [0.2, 0.25) is 0 Å². The highest BCUT2D eigenvalue weighted by Gasteiger charge is 2.24. The number of likely N-dealkylation sites (N-methyl/N-ethyl adjacent to an activating group) is 1. The zero-order valence-corrected chi connectivity index (χ0v) is 21.4. The SMILES string of the molecule is C=C1c2ccc(-c3ccccc3)cc2N(C)/C(C(=N)N)=C\c2sc3ccccc3c21.C=CCCC=C. The minimum atomic E-state index is 0.0458. The fourth-order valence-corrected chi connectivity index (χ4v) is 5.50. The average Bonchev–Trinajstić information content (AvgIpc) is 3.27. The van der Waals surface area contributed by atoms with E-state index >= 15 is 0 Å². The van der Waals surface area contributed by atoms with E-state index in [9.17, 15) is 0 Å². The van der Waals surface area contributed by atoms with Crippen molar-refractivity contribution in [3.05, 3.63) is 126 Å². The van der Waals surface area contributed by atoms with Gasteiger partial charge < -0.3 is 10.6 Å². The van der Waals surface area contributed by atoms with Gasteiger partial charge in [-0.05, 0) is 47.8 Å². The van der Waals surface area contributed by atoms with Crippen molar-refractivity contribution in [2.75, 3.05) is 11.9 Å². The summed E-state index contributed by atoms with van der Waals surface area (Å²) < 4.78 is 1.20. The van der Waals surface area contributed by atoms with Crippen LogP contribution in [-0.2, 0) is 0 Å². The van der Waals surface area contributed by atoms with E-state index < -0.39 is 0 Å². The molecule has 3 N–H and O–H groups in total.